The highest BCUT2D eigenvalue weighted by Gasteiger charge is 2.17. The molecule has 0 spiro atoms. The Morgan fingerprint density at radius 3 is 1.57 bits per heavy atom. The van der Waals surface area contributed by atoms with E-state index in [4.69, 9.17) is 15.0 Å². The van der Waals surface area contributed by atoms with Gasteiger partial charge in [0, 0.05) is 33.2 Å². The molecule has 0 N–H and O–H groups in total. The van der Waals surface area contributed by atoms with E-state index in [-0.39, 0.29) is 0 Å². The van der Waals surface area contributed by atoms with E-state index in [0.29, 0.717) is 17.5 Å². The summed E-state index contributed by atoms with van der Waals surface area (Å²) in [5, 5.41) is 4.94. The van der Waals surface area contributed by atoms with E-state index in [9.17, 15) is 0 Å². The summed E-state index contributed by atoms with van der Waals surface area (Å²) in [5.41, 5.74) is 8.62. The maximum atomic E-state index is 4.99. The number of nitrogens with zero attached hydrogens (tertiary/aromatic N) is 4. The molecule has 0 radical (unpaired) electrons. The summed E-state index contributed by atoms with van der Waals surface area (Å²) in [6.45, 7) is 0. The monoisotopic (exact) mass is 600 g/mol. The van der Waals surface area contributed by atoms with Crippen LogP contribution < -0.4 is 0 Å². The molecule has 2 heterocycles. The number of para-hydroxylation sites is 1. The summed E-state index contributed by atoms with van der Waals surface area (Å²) in [5.74, 6) is 1.94. The minimum atomic E-state index is 0.637. The fourth-order valence-electron chi connectivity index (χ4n) is 6.60. The second-order valence-corrected chi connectivity index (χ2v) is 11.7. The molecule has 0 amide bonds. The molecule has 0 aliphatic heterocycles. The first-order chi connectivity index (χ1) is 23.3. The van der Waals surface area contributed by atoms with E-state index in [1.165, 1.54) is 32.7 Å². The quantitative estimate of drug-likeness (QED) is 0.197. The molecule has 2 aromatic heterocycles. The summed E-state index contributed by atoms with van der Waals surface area (Å²) in [4.78, 5) is 14.9. The molecule has 9 rings (SSSR count). The molecule has 0 aliphatic carbocycles. The fraction of sp³-hybridized carbons (Fsp3) is 0. The van der Waals surface area contributed by atoms with E-state index in [1.807, 2.05) is 60.7 Å². The molecule has 0 unspecified atom stereocenters. The molecule has 0 bridgehead atoms. The van der Waals surface area contributed by atoms with Crippen molar-refractivity contribution in [1.29, 1.82) is 0 Å². The van der Waals surface area contributed by atoms with E-state index in [2.05, 4.69) is 114 Å². The Kier molecular flexibility index (Phi) is 6.43. The van der Waals surface area contributed by atoms with Crippen LogP contribution in [0.2, 0.25) is 0 Å². The fourth-order valence-corrected chi connectivity index (χ4v) is 6.60. The summed E-state index contributed by atoms with van der Waals surface area (Å²) in [7, 11) is 0. The highest BCUT2D eigenvalue weighted by atomic mass is 15.0. The third kappa shape index (κ3) is 4.75. The lowest BCUT2D eigenvalue weighted by Gasteiger charge is -2.12. The van der Waals surface area contributed by atoms with Crippen LogP contribution in [0.1, 0.15) is 0 Å². The Labute approximate surface area is 272 Å². The molecule has 7 aromatic carbocycles. The third-order valence-electron chi connectivity index (χ3n) is 8.82. The molecule has 0 fully saturated rings. The van der Waals surface area contributed by atoms with Gasteiger partial charge in [0.1, 0.15) is 0 Å². The SMILES string of the molecule is c1ccc(-c2ccc3ccc4c(c3c2)c2ccccc2n4-c2cccc(-c3nc(-c4ccccc4)nc(-c4ccccc4)n3)c2)cc1. The number of aromatic nitrogens is 4. The van der Waals surface area contributed by atoms with Crippen LogP contribution in [0.3, 0.4) is 0 Å². The van der Waals surface area contributed by atoms with Crippen molar-refractivity contribution in [1.82, 2.24) is 19.5 Å². The molecule has 0 aliphatic rings. The van der Waals surface area contributed by atoms with E-state index in [1.54, 1.807) is 0 Å². The van der Waals surface area contributed by atoms with Crippen LogP contribution in [0.5, 0.6) is 0 Å². The normalized spacial score (nSPS) is 11.4. The lowest BCUT2D eigenvalue weighted by Crippen LogP contribution is -2.01. The number of hydrogen-bond donors (Lipinski definition) is 0. The minimum Gasteiger partial charge on any atom is -0.309 e. The van der Waals surface area contributed by atoms with Crippen LogP contribution in [-0.4, -0.2) is 19.5 Å². The zero-order chi connectivity index (χ0) is 31.2. The van der Waals surface area contributed by atoms with Crippen LogP contribution in [0.15, 0.2) is 170 Å². The standard InChI is InChI=1S/C43H28N4/c1-4-13-29(14-5-1)33-24-23-30-25-26-39-40(37(30)28-33)36-21-10-11-22-38(36)47(39)35-20-12-19-34(27-35)43-45-41(31-15-6-2-7-16-31)44-42(46-43)32-17-8-3-9-18-32/h1-28H. The summed E-state index contributed by atoms with van der Waals surface area (Å²) in [6.07, 6.45) is 0. The summed E-state index contributed by atoms with van der Waals surface area (Å²) < 4.78 is 2.36. The maximum Gasteiger partial charge on any atom is 0.164 e. The molecular weight excluding hydrogens is 573 g/mol. The Balaban J connectivity index is 1.25. The van der Waals surface area contributed by atoms with Gasteiger partial charge in [0.05, 0.1) is 11.0 Å². The first-order valence-electron chi connectivity index (χ1n) is 15.8. The van der Waals surface area contributed by atoms with Crippen molar-refractivity contribution in [3.05, 3.63) is 170 Å². The van der Waals surface area contributed by atoms with E-state index in [0.717, 1.165) is 33.4 Å². The Morgan fingerprint density at radius 1 is 0.340 bits per heavy atom. The highest BCUT2D eigenvalue weighted by molar-refractivity contribution is 6.21. The molecule has 4 heteroatoms. The van der Waals surface area contributed by atoms with Gasteiger partial charge in [-0.2, -0.15) is 0 Å². The third-order valence-corrected chi connectivity index (χ3v) is 8.82. The summed E-state index contributed by atoms with van der Waals surface area (Å²) >= 11 is 0. The molecule has 9 aromatic rings. The van der Waals surface area contributed by atoms with Crippen LogP contribution in [-0.2, 0) is 0 Å². The number of fused-ring (bicyclic) bond motifs is 5. The van der Waals surface area contributed by atoms with Gasteiger partial charge in [0.15, 0.2) is 17.5 Å². The van der Waals surface area contributed by atoms with Gasteiger partial charge in [0.25, 0.3) is 0 Å². The highest BCUT2D eigenvalue weighted by Crippen LogP contribution is 2.39. The van der Waals surface area contributed by atoms with E-state index < -0.39 is 0 Å². The first-order valence-corrected chi connectivity index (χ1v) is 15.8. The van der Waals surface area contributed by atoms with Gasteiger partial charge in [-0.15, -0.1) is 0 Å². The topological polar surface area (TPSA) is 43.6 Å². The van der Waals surface area contributed by atoms with Crippen LogP contribution in [0.25, 0.3) is 83.6 Å². The van der Waals surface area contributed by atoms with Gasteiger partial charge in [-0.05, 0) is 52.2 Å². The van der Waals surface area contributed by atoms with Gasteiger partial charge in [-0.1, -0.05) is 140 Å². The molecule has 4 nitrogen and oxygen atoms in total. The van der Waals surface area contributed by atoms with Crippen molar-refractivity contribution < 1.29 is 0 Å². The van der Waals surface area contributed by atoms with Crippen LogP contribution >= 0.6 is 0 Å². The zero-order valence-electron chi connectivity index (χ0n) is 25.5. The van der Waals surface area contributed by atoms with Crippen molar-refractivity contribution in [3.8, 4) is 51.0 Å². The second kappa shape index (κ2) is 11.2. The van der Waals surface area contributed by atoms with Crippen LogP contribution in [0, 0.1) is 0 Å². The number of rotatable bonds is 5. The Hall–Kier alpha value is -6.39. The largest absolute Gasteiger partial charge is 0.309 e. The predicted molar refractivity (Wildman–Crippen MR) is 193 cm³/mol. The van der Waals surface area contributed by atoms with Gasteiger partial charge in [-0.25, -0.2) is 15.0 Å². The molecule has 0 saturated carbocycles. The van der Waals surface area contributed by atoms with Crippen molar-refractivity contribution in [3.63, 3.8) is 0 Å². The molecular formula is C43H28N4. The second-order valence-electron chi connectivity index (χ2n) is 11.7. The van der Waals surface area contributed by atoms with Crippen LogP contribution in [0.4, 0.5) is 0 Å². The first kappa shape index (κ1) is 27.0. The van der Waals surface area contributed by atoms with Crippen molar-refractivity contribution in [2.45, 2.75) is 0 Å². The van der Waals surface area contributed by atoms with Gasteiger partial charge < -0.3 is 4.57 Å². The molecule has 0 atom stereocenters. The van der Waals surface area contributed by atoms with E-state index >= 15 is 0 Å². The van der Waals surface area contributed by atoms with Gasteiger partial charge in [0.2, 0.25) is 0 Å². The molecule has 0 saturated heterocycles. The predicted octanol–water partition coefficient (Wildman–Crippen LogP) is 10.8. The van der Waals surface area contributed by atoms with Gasteiger partial charge >= 0.3 is 0 Å². The lowest BCUT2D eigenvalue weighted by molar-refractivity contribution is 1.07. The van der Waals surface area contributed by atoms with Crippen molar-refractivity contribution in [2.24, 2.45) is 0 Å². The van der Waals surface area contributed by atoms with Gasteiger partial charge in [-0.3, -0.25) is 0 Å². The lowest BCUT2D eigenvalue weighted by atomic mass is 9.98. The average Bonchev–Trinajstić information content (AvgIpc) is 3.50. The number of hydrogen-bond acceptors (Lipinski definition) is 3. The smallest absolute Gasteiger partial charge is 0.164 e. The summed E-state index contributed by atoms with van der Waals surface area (Å²) in [6, 6.07) is 59.3. The minimum absolute atomic E-state index is 0.637. The zero-order valence-corrected chi connectivity index (χ0v) is 25.5. The van der Waals surface area contributed by atoms with Crippen molar-refractivity contribution in [2.75, 3.05) is 0 Å². The maximum absolute atomic E-state index is 4.99. The molecule has 47 heavy (non-hydrogen) atoms. The Morgan fingerprint density at radius 2 is 0.894 bits per heavy atom. The van der Waals surface area contributed by atoms with Crippen molar-refractivity contribution >= 4 is 32.6 Å². The molecule has 220 valence electrons. The average molecular weight is 601 g/mol. The number of benzene rings is 7. The Bertz CT molecular complexity index is 2500.